The van der Waals surface area contributed by atoms with E-state index in [1.807, 2.05) is 18.2 Å². The number of anilines is 2. The standard InChI is InChI=1S/C26H25FN4O3/c1-26(2)16-31(12-13-33-26)18-7-10-23(21(14-18)22-15-32-25(28)30-22)34-19-8-5-17(6-9-19)20-4-3-11-29-24(20)27/h3-11,14-15H,12-13,16H2,1-2H3,(H2,28,30). The van der Waals surface area contributed by atoms with Crippen LogP contribution in [-0.4, -0.2) is 35.3 Å². The molecular weight excluding hydrogens is 435 g/mol. The van der Waals surface area contributed by atoms with Gasteiger partial charge in [-0.15, -0.1) is 0 Å². The molecule has 0 atom stereocenters. The molecule has 2 aromatic heterocycles. The second-order valence-electron chi connectivity index (χ2n) is 8.75. The van der Waals surface area contributed by atoms with E-state index in [0.29, 0.717) is 34.9 Å². The SMILES string of the molecule is CC1(C)CN(c2ccc(Oc3ccc(-c4cccnc4F)cc3)c(-c3coc(N)n3)c2)CCO1. The number of morpholine rings is 1. The molecule has 1 aliphatic heterocycles. The minimum atomic E-state index is -0.510. The van der Waals surface area contributed by atoms with Crippen molar-refractivity contribution in [2.24, 2.45) is 0 Å². The molecule has 0 radical (unpaired) electrons. The summed E-state index contributed by atoms with van der Waals surface area (Å²) in [6.07, 6.45) is 2.94. The molecule has 0 aliphatic carbocycles. The zero-order valence-electron chi connectivity index (χ0n) is 19.0. The Morgan fingerprint density at radius 1 is 1.09 bits per heavy atom. The van der Waals surface area contributed by atoms with Crippen molar-refractivity contribution in [1.29, 1.82) is 0 Å². The lowest BCUT2D eigenvalue weighted by atomic mass is 10.0. The molecule has 1 aliphatic rings. The number of oxazole rings is 1. The third-order valence-corrected chi connectivity index (χ3v) is 5.70. The van der Waals surface area contributed by atoms with Gasteiger partial charge in [0.25, 0.3) is 6.01 Å². The zero-order valence-corrected chi connectivity index (χ0v) is 19.0. The Morgan fingerprint density at radius 3 is 2.62 bits per heavy atom. The Labute approximate surface area is 197 Å². The molecule has 0 saturated carbocycles. The topological polar surface area (TPSA) is 86.6 Å². The molecule has 34 heavy (non-hydrogen) atoms. The van der Waals surface area contributed by atoms with Crippen LogP contribution in [0.2, 0.25) is 0 Å². The van der Waals surface area contributed by atoms with E-state index in [-0.39, 0.29) is 11.6 Å². The number of nitrogens with two attached hydrogens (primary N) is 1. The van der Waals surface area contributed by atoms with E-state index < -0.39 is 5.95 Å². The molecule has 1 saturated heterocycles. The van der Waals surface area contributed by atoms with Crippen molar-refractivity contribution in [2.45, 2.75) is 19.4 Å². The maximum absolute atomic E-state index is 14.0. The van der Waals surface area contributed by atoms with Crippen LogP contribution < -0.4 is 15.4 Å². The summed E-state index contributed by atoms with van der Waals surface area (Å²) in [5.41, 5.74) is 9.02. The van der Waals surface area contributed by atoms with E-state index >= 15 is 0 Å². The predicted molar refractivity (Wildman–Crippen MR) is 128 cm³/mol. The zero-order chi connectivity index (χ0) is 23.7. The number of nitrogens with zero attached hydrogens (tertiary/aromatic N) is 3. The van der Waals surface area contributed by atoms with Gasteiger partial charge in [0.1, 0.15) is 23.5 Å². The Balaban J connectivity index is 1.45. The van der Waals surface area contributed by atoms with Gasteiger partial charge in [-0.25, -0.2) is 4.98 Å². The van der Waals surface area contributed by atoms with Crippen molar-refractivity contribution in [3.8, 4) is 33.9 Å². The van der Waals surface area contributed by atoms with E-state index in [1.165, 1.54) is 12.5 Å². The van der Waals surface area contributed by atoms with Crippen molar-refractivity contribution < 1.29 is 18.3 Å². The number of pyridine rings is 1. The van der Waals surface area contributed by atoms with Crippen LogP contribution in [0.1, 0.15) is 13.8 Å². The Morgan fingerprint density at radius 2 is 1.91 bits per heavy atom. The first-order valence-electron chi connectivity index (χ1n) is 11.0. The van der Waals surface area contributed by atoms with Crippen LogP contribution in [-0.2, 0) is 4.74 Å². The third-order valence-electron chi connectivity index (χ3n) is 5.70. The number of halogens is 1. The highest BCUT2D eigenvalue weighted by Gasteiger charge is 2.28. The summed E-state index contributed by atoms with van der Waals surface area (Å²) in [5, 5.41) is 0. The second-order valence-corrected chi connectivity index (χ2v) is 8.75. The van der Waals surface area contributed by atoms with E-state index in [4.69, 9.17) is 19.6 Å². The van der Waals surface area contributed by atoms with Crippen molar-refractivity contribution in [3.05, 3.63) is 73.0 Å². The normalized spacial score (nSPS) is 15.3. The smallest absolute Gasteiger partial charge is 0.292 e. The molecule has 1 fully saturated rings. The van der Waals surface area contributed by atoms with Crippen LogP contribution in [0.4, 0.5) is 16.1 Å². The fourth-order valence-corrected chi connectivity index (χ4v) is 4.08. The van der Waals surface area contributed by atoms with Crippen molar-refractivity contribution in [3.63, 3.8) is 0 Å². The summed E-state index contributed by atoms with van der Waals surface area (Å²) in [4.78, 5) is 10.3. The molecule has 3 heterocycles. The van der Waals surface area contributed by atoms with Gasteiger partial charge >= 0.3 is 0 Å². The largest absolute Gasteiger partial charge is 0.457 e. The number of hydrogen-bond donors (Lipinski definition) is 1. The number of rotatable bonds is 5. The highest BCUT2D eigenvalue weighted by Crippen LogP contribution is 2.38. The molecule has 5 rings (SSSR count). The van der Waals surface area contributed by atoms with Crippen LogP contribution in [0.3, 0.4) is 0 Å². The average Bonchev–Trinajstić information content (AvgIpc) is 3.26. The molecule has 7 nitrogen and oxygen atoms in total. The van der Waals surface area contributed by atoms with Gasteiger partial charge in [-0.3, -0.25) is 0 Å². The van der Waals surface area contributed by atoms with Gasteiger partial charge in [-0.2, -0.15) is 9.37 Å². The van der Waals surface area contributed by atoms with Crippen LogP contribution in [0.25, 0.3) is 22.4 Å². The summed E-state index contributed by atoms with van der Waals surface area (Å²) in [6, 6.07) is 16.6. The van der Waals surface area contributed by atoms with Crippen molar-refractivity contribution >= 4 is 11.7 Å². The van der Waals surface area contributed by atoms with Crippen molar-refractivity contribution in [1.82, 2.24) is 9.97 Å². The number of hydrogen-bond acceptors (Lipinski definition) is 7. The summed E-state index contributed by atoms with van der Waals surface area (Å²) >= 11 is 0. The van der Waals surface area contributed by atoms with Crippen LogP contribution >= 0.6 is 0 Å². The van der Waals surface area contributed by atoms with E-state index in [0.717, 1.165) is 24.3 Å². The molecular formula is C26H25FN4O3. The first-order valence-corrected chi connectivity index (χ1v) is 11.0. The monoisotopic (exact) mass is 460 g/mol. The Bertz CT molecular complexity index is 1300. The van der Waals surface area contributed by atoms with Gasteiger partial charge < -0.3 is 24.5 Å². The predicted octanol–water partition coefficient (Wildman–Crippen LogP) is 5.53. The maximum Gasteiger partial charge on any atom is 0.292 e. The second kappa shape index (κ2) is 8.79. The van der Waals surface area contributed by atoms with Gasteiger partial charge in [-0.05, 0) is 61.9 Å². The molecule has 8 heteroatoms. The lowest BCUT2D eigenvalue weighted by Crippen LogP contribution is -2.48. The number of benzene rings is 2. The van der Waals surface area contributed by atoms with E-state index in [9.17, 15) is 4.39 Å². The van der Waals surface area contributed by atoms with Gasteiger partial charge in [0, 0.05) is 36.1 Å². The molecule has 0 spiro atoms. The number of nitrogen functional groups attached to an aromatic ring is 1. The number of ether oxygens (including phenoxy) is 2. The van der Waals surface area contributed by atoms with Crippen LogP contribution in [0.15, 0.2) is 71.5 Å². The lowest BCUT2D eigenvalue weighted by molar-refractivity contribution is -0.0276. The molecule has 0 bridgehead atoms. The quantitative estimate of drug-likeness (QED) is 0.392. The molecule has 2 N–H and O–H groups in total. The summed E-state index contributed by atoms with van der Waals surface area (Å²) in [7, 11) is 0. The van der Waals surface area contributed by atoms with Gasteiger partial charge in [-0.1, -0.05) is 12.1 Å². The Hall–Kier alpha value is -3.91. The highest BCUT2D eigenvalue weighted by atomic mass is 19.1. The summed E-state index contributed by atoms with van der Waals surface area (Å²) in [6.45, 7) is 6.37. The van der Waals surface area contributed by atoms with Gasteiger partial charge in [0.05, 0.1) is 12.2 Å². The van der Waals surface area contributed by atoms with E-state index in [1.54, 1.807) is 36.4 Å². The fraction of sp³-hybridized carbons (Fsp3) is 0.231. The maximum atomic E-state index is 14.0. The van der Waals surface area contributed by atoms with E-state index in [2.05, 4.69) is 28.7 Å². The van der Waals surface area contributed by atoms with Gasteiger partial charge in [0.15, 0.2) is 0 Å². The van der Waals surface area contributed by atoms with Gasteiger partial charge in [0.2, 0.25) is 5.95 Å². The molecule has 2 aromatic carbocycles. The Kier molecular flexibility index (Phi) is 5.67. The van der Waals surface area contributed by atoms with Crippen LogP contribution in [0.5, 0.6) is 11.5 Å². The molecule has 4 aromatic rings. The van der Waals surface area contributed by atoms with Crippen molar-refractivity contribution in [2.75, 3.05) is 30.3 Å². The fourth-order valence-electron chi connectivity index (χ4n) is 4.08. The molecule has 0 amide bonds. The number of aromatic nitrogens is 2. The summed E-state index contributed by atoms with van der Waals surface area (Å²) in [5.74, 6) is 0.694. The lowest BCUT2D eigenvalue weighted by Gasteiger charge is -2.39. The first kappa shape index (κ1) is 21.9. The summed E-state index contributed by atoms with van der Waals surface area (Å²) < 4.78 is 31.3. The third kappa shape index (κ3) is 4.58. The molecule has 0 unspecified atom stereocenters. The minimum absolute atomic E-state index is 0.0849. The highest BCUT2D eigenvalue weighted by molar-refractivity contribution is 5.73. The first-order chi connectivity index (χ1) is 16.4. The molecule has 174 valence electrons. The van der Waals surface area contributed by atoms with Crippen LogP contribution in [0, 0.1) is 5.95 Å². The minimum Gasteiger partial charge on any atom is -0.457 e. The average molecular weight is 461 g/mol.